The molecule has 0 heterocycles. The van der Waals surface area contributed by atoms with Crippen LogP contribution in [-0.4, -0.2) is 17.8 Å². The molecule has 0 spiro atoms. The lowest BCUT2D eigenvalue weighted by Gasteiger charge is -2.04. The van der Waals surface area contributed by atoms with Crippen LogP contribution in [0.3, 0.4) is 0 Å². The van der Waals surface area contributed by atoms with E-state index in [1.54, 1.807) is 6.92 Å². The van der Waals surface area contributed by atoms with Gasteiger partial charge in [0.25, 0.3) is 5.69 Å². The highest BCUT2D eigenvalue weighted by Gasteiger charge is 2.10. The lowest BCUT2D eigenvalue weighted by atomic mass is 10.2. The molecule has 0 amide bonds. The maximum absolute atomic E-state index is 10.7. The largest absolute Gasteiger partial charge is 0.480 e. The van der Waals surface area contributed by atoms with E-state index in [2.05, 4.69) is 11.8 Å². The van der Waals surface area contributed by atoms with Crippen molar-refractivity contribution in [3.63, 3.8) is 0 Å². The molecule has 5 heteroatoms. The number of rotatable bonds is 4. The van der Waals surface area contributed by atoms with E-state index in [9.17, 15) is 14.9 Å². The van der Waals surface area contributed by atoms with Crippen molar-refractivity contribution >= 4 is 12.0 Å². The predicted octanol–water partition coefficient (Wildman–Crippen LogP) is 1.81. The average molecular weight is 219 g/mol. The van der Waals surface area contributed by atoms with E-state index in [4.69, 9.17) is 4.74 Å². The lowest BCUT2D eigenvalue weighted by molar-refractivity contribution is -0.384. The maximum atomic E-state index is 10.7. The Morgan fingerprint density at radius 3 is 2.88 bits per heavy atom. The Labute approximate surface area is 92.2 Å². The highest BCUT2D eigenvalue weighted by atomic mass is 16.6. The number of carbonyl (C=O) groups is 1. The number of hydrogen-bond donors (Lipinski definition) is 0. The summed E-state index contributed by atoms with van der Waals surface area (Å²) in [6, 6.07) is 3.84. The molecule has 1 aromatic rings. The van der Waals surface area contributed by atoms with E-state index < -0.39 is 4.92 Å². The molecule has 1 aromatic carbocycles. The van der Waals surface area contributed by atoms with Crippen LogP contribution in [0.25, 0.3) is 0 Å². The van der Waals surface area contributed by atoms with Crippen molar-refractivity contribution in [2.24, 2.45) is 0 Å². The van der Waals surface area contributed by atoms with Crippen LogP contribution in [0.2, 0.25) is 0 Å². The van der Waals surface area contributed by atoms with E-state index >= 15 is 0 Å². The average Bonchev–Trinajstić information content (AvgIpc) is 2.29. The third kappa shape index (κ3) is 2.82. The SMILES string of the molecule is CC#CCOc1ccc([N+](=O)[O-])cc1C=O. The minimum atomic E-state index is -0.567. The summed E-state index contributed by atoms with van der Waals surface area (Å²) in [5.41, 5.74) is 0.00290. The molecule has 16 heavy (non-hydrogen) atoms. The molecule has 1 rings (SSSR count). The van der Waals surface area contributed by atoms with Crippen LogP contribution in [0.15, 0.2) is 18.2 Å². The van der Waals surface area contributed by atoms with E-state index in [-0.39, 0.29) is 17.9 Å². The van der Waals surface area contributed by atoms with Gasteiger partial charge in [-0.2, -0.15) is 0 Å². The standard InChI is InChI=1S/C11H9NO4/c1-2-3-6-16-11-5-4-10(12(14)15)7-9(11)8-13/h4-5,7-8H,6H2,1H3. The summed E-state index contributed by atoms with van der Waals surface area (Å²) in [6.07, 6.45) is 0.516. The van der Waals surface area contributed by atoms with Gasteiger partial charge in [-0.1, -0.05) is 5.92 Å². The molecule has 82 valence electrons. The Bertz CT molecular complexity index is 471. The minimum absolute atomic E-state index is 0.143. The van der Waals surface area contributed by atoms with Gasteiger partial charge in [0.2, 0.25) is 0 Å². The van der Waals surface area contributed by atoms with Crippen molar-refractivity contribution < 1.29 is 14.5 Å². The summed E-state index contributed by atoms with van der Waals surface area (Å²) in [6.45, 7) is 1.81. The zero-order chi connectivity index (χ0) is 12.0. The Hall–Kier alpha value is -2.35. The summed E-state index contributed by atoms with van der Waals surface area (Å²) in [5, 5.41) is 10.5. The number of hydrogen-bond acceptors (Lipinski definition) is 4. The van der Waals surface area contributed by atoms with Gasteiger partial charge >= 0.3 is 0 Å². The normalized spacial score (nSPS) is 8.81. The molecule has 0 unspecified atom stereocenters. The third-order valence-corrected chi connectivity index (χ3v) is 1.81. The monoisotopic (exact) mass is 219 g/mol. The predicted molar refractivity (Wildman–Crippen MR) is 57.4 cm³/mol. The maximum Gasteiger partial charge on any atom is 0.270 e. The van der Waals surface area contributed by atoms with E-state index in [1.165, 1.54) is 18.2 Å². The highest BCUT2D eigenvalue weighted by molar-refractivity contribution is 5.80. The van der Waals surface area contributed by atoms with Crippen molar-refractivity contribution in [2.45, 2.75) is 6.92 Å². The topological polar surface area (TPSA) is 69.4 Å². The zero-order valence-electron chi connectivity index (χ0n) is 8.60. The van der Waals surface area contributed by atoms with Crippen molar-refractivity contribution in [1.82, 2.24) is 0 Å². The van der Waals surface area contributed by atoms with Crippen LogP contribution in [0.5, 0.6) is 5.75 Å². The number of nitro benzene ring substituents is 1. The smallest absolute Gasteiger partial charge is 0.270 e. The van der Waals surface area contributed by atoms with E-state index in [0.717, 1.165) is 0 Å². The van der Waals surface area contributed by atoms with E-state index in [1.807, 2.05) is 0 Å². The molecule has 0 radical (unpaired) electrons. The quantitative estimate of drug-likeness (QED) is 0.335. The molecule has 5 nitrogen and oxygen atoms in total. The molecule has 0 N–H and O–H groups in total. The number of aldehydes is 1. The fourth-order valence-corrected chi connectivity index (χ4v) is 1.06. The number of ether oxygens (including phenoxy) is 1. The first-order valence-corrected chi connectivity index (χ1v) is 4.45. The van der Waals surface area contributed by atoms with Crippen LogP contribution in [-0.2, 0) is 0 Å². The van der Waals surface area contributed by atoms with Crippen molar-refractivity contribution in [3.8, 4) is 17.6 Å². The number of non-ortho nitro benzene ring substituents is 1. The van der Waals surface area contributed by atoms with Gasteiger partial charge in [0, 0.05) is 12.1 Å². The van der Waals surface area contributed by atoms with Crippen LogP contribution in [0.1, 0.15) is 17.3 Å². The van der Waals surface area contributed by atoms with Crippen molar-refractivity contribution in [2.75, 3.05) is 6.61 Å². The fourth-order valence-electron chi connectivity index (χ4n) is 1.06. The molecular formula is C11H9NO4. The summed E-state index contributed by atoms with van der Waals surface area (Å²) in [5.74, 6) is 5.59. The first kappa shape index (κ1) is 11.7. The fraction of sp³-hybridized carbons (Fsp3) is 0.182. The van der Waals surface area contributed by atoms with Gasteiger partial charge in [-0.25, -0.2) is 0 Å². The van der Waals surface area contributed by atoms with Gasteiger partial charge in [0.1, 0.15) is 12.4 Å². The second kappa shape index (κ2) is 5.51. The van der Waals surface area contributed by atoms with Gasteiger partial charge in [0.15, 0.2) is 6.29 Å². The number of carbonyl (C=O) groups excluding carboxylic acids is 1. The van der Waals surface area contributed by atoms with Gasteiger partial charge in [-0.05, 0) is 13.0 Å². The lowest BCUT2D eigenvalue weighted by Crippen LogP contribution is -1.98. The molecule has 0 saturated heterocycles. The number of nitrogens with zero attached hydrogens (tertiary/aromatic N) is 1. The van der Waals surface area contributed by atoms with Crippen LogP contribution < -0.4 is 4.74 Å². The van der Waals surface area contributed by atoms with E-state index in [0.29, 0.717) is 12.0 Å². The van der Waals surface area contributed by atoms with Gasteiger partial charge in [0.05, 0.1) is 10.5 Å². The van der Waals surface area contributed by atoms with Crippen LogP contribution in [0, 0.1) is 22.0 Å². The minimum Gasteiger partial charge on any atom is -0.480 e. The second-order valence-corrected chi connectivity index (χ2v) is 2.81. The molecule has 0 aliphatic carbocycles. The Kier molecular flexibility index (Phi) is 4.04. The number of nitro groups is 1. The van der Waals surface area contributed by atoms with Crippen LogP contribution in [0.4, 0.5) is 5.69 Å². The summed E-state index contributed by atoms with van der Waals surface area (Å²) in [4.78, 5) is 20.6. The molecule has 0 aromatic heterocycles. The third-order valence-electron chi connectivity index (χ3n) is 1.81. The Morgan fingerprint density at radius 2 is 2.31 bits per heavy atom. The second-order valence-electron chi connectivity index (χ2n) is 2.81. The Balaban J connectivity index is 2.96. The molecule has 0 aliphatic heterocycles. The van der Waals surface area contributed by atoms with Crippen molar-refractivity contribution in [1.29, 1.82) is 0 Å². The van der Waals surface area contributed by atoms with Gasteiger partial charge in [-0.3, -0.25) is 14.9 Å². The first-order chi connectivity index (χ1) is 7.69. The number of benzene rings is 1. The molecule has 0 aliphatic rings. The van der Waals surface area contributed by atoms with Gasteiger partial charge in [-0.15, -0.1) is 5.92 Å². The Morgan fingerprint density at radius 1 is 1.56 bits per heavy atom. The molecule has 0 bridgehead atoms. The first-order valence-electron chi connectivity index (χ1n) is 4.45. The zero-order valence-corrected chi connectivity index (χ0v) is 8.60. The molecule has 0 fully saturated rings. The molecule has 0 saturated carbocycles. The molecule has 0 atom stereocenters. The summed E-state index contributed by atoms with van der Waals surface area (Å²) in [7, 11) is 0. The highest BCUT2D eigenvalue weighted by Crippen LogP contribution is 2.22. The van der Waals surface area contributed by atoms with Crippen LogP contribution >= 0.6 is 0 Å². The molecular weight excluding hydrogens is 210 g/mol. The van der Waals surface area contributed by atoms with Crippen molar-refractivity contribution in [3.05, 3.63) is 33.9 Å². The summed E-state index contributed by atoms with van der Waals surface area (Å²) >= 11 is 0. The summed E-state index contributed by atoms with van der Waals surface area (Å²) < 4.78 is 5.18. The van der Waals surface area contributed by atoms with Gasteiger partial charge < -0.3 is 4.74 Å².